The molecule has 0 aromatic rings. The molecule has 132 valence electrons. The summed E-state index contributed by atoms with van der Waals surface area (Å²) in [6.07, 6.45) is 1.83. The van der Waals surface area contributed by atoms with Crippen LogP contribution >= 0.6 is 24.8 Å². The molecular weight excluding hydrogens is 432 g/mol. The summed E-state index contributed by atoms with van der Waals surface area (Å²) in [5.74, 6) is 0. The van der Waals surface area contributed by atoms with Crippen LogP contribution in [0.25, 0.3) is 10.6 Å². The Hall–Kier alpha value is 0.762. The molecule has 23 heavy (non-hydrogen) atoms. The molecule has 0 spiro atoms. The Morgan fingerprint density at radius 3 is 1.35 bits per heavy atom. The molecule has 0 aromatic carbocycles. The zero-order chi connectivity index (χ0) is 15.2. The van der Waals surface area contributed by atoms with E-state index in [0.29, 0.717) is 0 Å². The van der Waals surface area contributed by atoms with Crippen molar-refractivity contribution in [3.8, 4) is 0 Å². The van der Waals surface area contributed by atoms with Gasteiger partial charge in [0.25, 0.3) is 0 Å². The Labute approximate surface area is 175 Å². The van der Waals surface area contributed by atoms with Crippen LogP contribution in [0.4, 0.5) is 0 Å². The number of aliphatic imine (C=N–C) groups is 2. The number of hydrogen-bond acceptors (Lipinski definition) is 2. The van der Waals surface area contributed by atoms with E-state index < -0.39 is 0 Å². The molecule has 0 radical (unpaired) electrons. The molecule has 1 heterocycles. The SMILES string of the molecule is CC1=NCC[N-]C(C)(C)CC(C)=NCC[N-]C(C)(C)C1.Cl.Cl.[Cd+2]. The van der Waals surface area contributed by atoms with Gasteiger partial charge in [-0.05, 0) is 26.7 Å². The molecule has 0 aliphatic carbocycles. The van der Waals surface area contributed by atoms with Crippen LogP contribution in [0.2, 0.25) is 0 Å². The Morgan fingerprint density at radius 2 is 1.04 bits per heavy atom. The van der Waals surface area contributed by atoms with Gasteiger partial charge in [-0.2, -0.15) is 0 Å². The first-order valence-electron chi connectivity index (χ1n) is 7.57. The summed E-state index contributed by atoms with van der Waals surface area (Å²) in [4.78, 5) is 9.25. The van der Waals surface area contributed by atoms with Crippen LogP contribution in [0.5, 0.6) is 0 Å². The van der Waals surface area contributed by atoms with Crippen molar-refractivity contribution in [3.05, 3.63) is 10.6 Å². The molecule has 1 aliphatic rings. The van der Waals surface area contributed by atoms with Gasteiger partial charge in [-0.15, -0.1) is 49.0 Å². The molecule has 0 bridgehead atoms. The fourth-order valence-electron chi connectivity index (χ4n) is 2.66. The molecule has 1 aliphatic heterocycles. The molecular formula is C16H32CdCl2N4. The van der Waals surface area contributed by atoms with Gasteiger partial charge in [-0.1, -0.05) is 27.7 Å². The predicted octanol–water partition coefficient (Wildman–Crippen LogP) is 4.85. The first-order valence-corrected chi connectivity index (χ1v) is 7.57. The van der Waals surface area contributed by atoms with Gasteiger partial charge in [0.2, 0.25) is 0 Å². The van der Waals surface area contributed by atoms with E-state index in [0.717, 1.165) is 39.0 Å². The van der Waals surface area contributed by atoms with E-state index >= 15 is 0 Å². The average molecular weight is 464 g/mol. The van der Waals surface area contributed by atoms with Crippen molar-refractivity contribution in [2.75, 3.05) is 26.2 Å². The van der Waals surface area contributed by atoms with Crippen LogP contribution in [0.1, 0.15) is 54.4 Å². The third kappa shape index (κ3) is 13.7. The third-order valence-corrected chi connectivity index (χ3v) is 3.42. The summed E-state index contributed by atoms with van der Waals surface area (Å²) in [6.45, 7) is 16.0. The number of hydrogen-bond donors (Lipinski definition) is 0. The quantitative estimate of drug-likeness (QED) is 0.461. The standard InChI is InChI=1S/C16H30N4.Cd.2ClH/c1-13-11-15(3,4)19-10-8-18-14(2)12-16(5,6)20-9-7-17-13;;;/h7-12H2,1-6H3;;2*1H/q-2;+2;;. The second-order valence-electron chi connectivity index (χ2n) is 6.98. The smallest absolute Gasteiger partial charge is 0.655 e. The largest absolute Gasteiger partial charge is 2.00 e. The number of nitrogens with zero attached hydrogens (tertiary/aromatic N) is 4. The van der Waals surface area contributed by atoms with E-state index in [4.69, 9.17) is 10.6 Å². The summed E-state index contributed by atoms with van der Waals surface area (Å²) in [5, 5.41) is 9.51. The molecule has 0 N–H and O–H groups in total. The molecule has 0 amide bonds. The van der Waals surface area contributed by atoms with Gasteiger partial charge < -0.3 is 10.6 Å². The first kappa shape index (κ1) is 28.6. The van der Waals surface area contributed by atoms with Crippen molar-refractivity contribution in [3.63, 3.8) is 0 Å². The molecule has 7 heteroatoms. The van der Waals surface area contributed by atoms with Crippen LogP contribution in [-0.2, 0) is 27.3 Å². The van der Waals surface area contributed by atoms with Crippen LogP contribution < -0.4 is 0 Å². The summed E-state index contributed by atoms with van der Waals surface area (Å²) in [7, 11) is 0. The van der Waals surface area contributed by atoms with Crippen molar-refractivity contribution in [2.45, 2.75) is 65.5 Å². The third-order valence-electron chi connectivity index (χ3n) is 3.42. The summed E-state index contributed by atoms with van der Waals surface area (Å²) < 4.78 is 0. The monoisotopic (exact) mass is 464 g/mol. The van der Waals surface area contributed by atoms with E-state index in [9.17, 15) is 0 Å². The topological polar surface area (TPSA) is 52.9 Å². The zero-order valence-electron chi connectivity index (χ0n) is 15.6. The van der Waals surface area contributed by atoms with Crippen LogP contribution in [0.15, 0.2) is 9.98 Å². The van der Waals surface area contributed by atoms with Gasteiger partial charge in [0, 0.05) is 24.5 Å². The van der Waals surface area contributed by atoms with Gasteiger partial charge >= 0.3 is 27.3 Å². The van der Waals surface area contributed by atoms with Gasteiger partial charge in [0.15, 0.2) is 0 Å². The average Bonchev–Trinajstić information content (AvgIpc) is 2.28. The number of halogens is 2. The molecule has 0 aromatic heterocycles. The van der Waals surface area contributed by atoms with Gasteiger partial charge in [0.1, 0.15) is 0 Å². The molecule has 4 nitrogen and oxygen atoms in total. The first-order chi connectivity index (χ1) is 9.20. The Kier molecular flexibility index (Phi) is 16.2. The van der Waals surface area contributed by atoms with Crippen molar-refractivity contribution in [1.82, 2.24) is 0 Å². The summed E-state index contributed by atoms with van der Waals surface area (Å²) >= 11 is 0. The molecule has 0 fully saturated rings. The second kappa shape index (κ2) is 13.0. The maximum absolute atomic E-state index is 4.75. The van der Waals surface area contributed by atoms with Crippen LogP contribution in [0, 0.1) is 0 Å². The molecule has 0 atom stereocenters. The normalized spacial score (nSPS) is 22.0. The minimum atomic E-state index is -0.0441. The van der Waals surface area contributed by atoms with E-state index in [1.807, 2.05) is 0 Å². The van der Waals surface area contributed by atoms with E-state index in [-0.39, 0.29) is 63.2 Å². The maximum atomic E-state index is 4.75. The minimum absolute atomic E-state index is 0. The van der Waals surface area contributed by atoms with Crippen molar-refractivity contribution in [2.24, 2.45) is 9.98 Å². The van der Waals surface area contributed by atoms with Gasteiger partial charge in [-0.25, -0.2) is 0 Å². The van der Waals surface area contributed by atoms with Crippen molar-refractivity contribution in [1.29, 1.82) is 0 Å². The molecule has 1 rings (SSSR count). The van der Waals surface area contributed by atoms with E-state index in [1.165, 1.54) is 11.4 Å². The van der Waals surface area contributed by atoms with Crippen molar-refractivity contribution >= 4 is 36.2 Å². The van der Waals surface area contributed by atoms with Gasteiger partial charge in [-0.3, -0.25) is 9.98 Å². The van der Waals surface area contributed by atoms with Crippen LogP contribution in [-0.4, -0.2) is 48.7 Å². The second-order valence-corrected chi connectivity index (χ2v) is 6.98. The number of rotatable bonds is 0. The molecule has 0 saturated heterocycles. The fourth-order valence-corrected chi connectivity index (χ4v) is 2.66. The summed E-state index contributed by atoms with van der Waals surface area (Å²) in [6, 6.07) is 0. The zero-order valence-corrected chi connectivity index (χ0v) is 21.2. The predicted molar refractivity (Wildman–Crippen MR) is 104 cm³/mol. The van der Waals surface area contributed by atoms with Crippen molar-refractivity contribution < 1.29 is 27.3 Å². The summed E-state index contributed by atoms with van der Waals surface area (Å²) in [5.41, 5.74) is 2.25. The Morgan fingerprint density at radius 1 is 0.739 bits per heavy atom. The fraction of sp³-hybridized carbons (Fsp3) is 0.875. The van der Waals surface area contributed by atoms with Gasteiger partial charge in [0.05, 0.1) is 0 Å². The van der Waals surface area contributed by atoms with E-state index in [2.05, 4.69) is 51.5 Å². The minimum Gasteiger partial charge on any atom is -0.655 e. The molecule has 0 unspecified atom stereocenters. The molecule has 0 saturated carbocycles. The maximum Gasteiger partial charge on any atom is 2.00 e. The Balaban J connectivity index is -0.00000133. The van der Waals surface area contributed by atoms with E-state index in [1.54, 1.807) is 0 Å². The van der Waals surface area contributed by atoms with Crippen LogP contribution in [0.3, 0.4) is 0 Å². The Bertz CT molecular complexity index is 346.